The van der Waals surface area contributed by atoms with Gasteiger partial charge in [-0.2, -0.15) is 4.98 Å². The van der Waals surface area contributed by atoms with Crippen LogP contribution >= 0.6 is 22.9 Å². The number of para-hydroxylation sites is 1. The van der Waals surface area contributed by atoms with E-state index in [-0.39, 0.29) is 6.03 Å². The number of benzene rings is 2. The Morgan fingerprint density at radius 1 is 1.11 bits per heavy atom. The number of halogens is 1. The number of thiazole rings is 1. The second-order valence-corrected chi connectivity index (χ2v) is 8.07. The lowest BCUT2D eigenvalue weighted by Gasteiger charge is -2.26. The Kier molecular flexibility index (Phi) is 4.26. The summed E-state index contributed by atoms with van der Waals surface area (Å²) >= 11 is 7.55. The number of rotatable bonds is 2. The number of carbonyl (C=O) groups excluding carboxylic acids is 1. The fourth-order valence-electron chi connectivity index (χ4n) is 3.31. The van der Waals surface area contributed by atoms with E-state index in [2.05, 4.69) is 15.4 Å². The van der Waals surface area contributed by atoms with Crippen molar-refractivity contribution in [3.05, 3.63) is 70.2 Å². The average Bonchev–Trinajstić information content (AvgIpc) is 3.26. The van der Waals surface area contributed by atoms with Gasteiger partial charge in [0.15, 0.2) is 5.82 Å². The molecule has 0 radical (unpaired) electrons. The first-order chi connectivity index (χ1) is 13.7. The Morgan fingerprint density at radius 2 is 1.89 bits per heavy atom. The van der Waals surface area contributed by atoms with E-state index < -0.39 is 0 Å². The standard InChI is InChI=1S/C20H16ClN5OS/c21-14-8-6-13(7-9-14)18-23-20-26(24-18)16-10-11-25(12-17(16)28-20)19(27)22-15-4-2-1-3-5-15/h1-9H,10-12H2,(H,22,27). The highest BCUT2D eigenvalue weighted by Crippen LogP contribution is 2.30. The quantitative estimate of drug-likeness (QED) is 0.522. The number of nitrogens with zero attached hydrogens (tertiary/aromatic N) is 4. The lowest BCUT2D eigenvalue weighted by Crippen LogP contribution is -2.38. The number of anilines is 1. The predicted octanol–water partition coefficient (Wildman–Crippen LogP) is 4.70. The first-order valence-electron chi connectivity index (χ1n) is 8.91. The first kappa shape index (κ1) is 17.2. The molecule has 0 atom stereocenters. The molecule has 0 bridgehead atoms. The van der Waals surface area contributed by atoms with Crippen molar-refractivity contribution in [3.8, 4) is 11.4 Å². The molecule has 0 fully saturated rings. The third-order valence-corrected chi connectivity index (χ3v) is 6.05. The largest absolute Gasteiger partial charge is 0.322 e. The fraction of sp³-hybridized carbons (Fsp3) is 0.150. The maximum absolute atomic E-state index is 12.6. The molecule has 1 aliphatic heterocycles. The van der Waals surface area contributed by atoms with E-state index in [9.17, 15) is 4.79 Å². The van der Waals surface area contributed by atoms with Gasteiger partial charge in [0.25, 0.3) is 0 Å². The van der Waals surface area contributed by atoms with Crippen LogP contribution in [0, 0.1) is 0 Å². The number of amides is 2. The molecule has 1 N–H and O–H groups in total. The summed E-state index contributed by atoms with van der Waals surface area (Å²) in [4.78, 5) is 21.0. The zero-order valence-corrected chi connectivity index (χ0v) is 16.4. The van der Waals surface area contributed by atoms with Gasteiger partial charge in [-0.25, -0.2) is 9.31 Å². The maximum atomic E-state index is 12.6. The summed E-state index contributed by atoms with van der Waals surface area (Å²) in [6.07, 6.45) is 0.751. The maximum Gasteiger partial charge on any atom is 0.322 e. The molecule has 0 unspecified atom stereocenters. The molecule has 1 aliphatic rings. The highest BCUT2D eigenvalue weighted by atomic mass is 35.5. The average molecular weight is 410 g/mol. The van der Waals surface area contributed by atoms with Gasteiger partial charge in [-0.1, -0.05) is 41.1 Å². The Morgan fingerprint density at radius 3 is 2.68 bits per heavy atom. The van der Waals surface area contributed by atoms with Crippen LogP contribution in [0.3, 0.4) is 0 Å². The van der Waals surface area contributed by atoms with Gasteiger partial charge in [0.05, 0.1) is 12.2 Å². The summed E-state index contributed by atoms with van der Waals surface area (Å²) in [5, 5.41) is 8.32. The number of urea groups is 1. The number of fused-ring (bicyclic) bond motifs is 3. The molecule has 2 amide bonds. The van der Waals surface area contributed by atoms with Crippen LogP contribution in [0.15, 0.2) is 54.6 Å². The molecule has 2 aromatic carbocycles. The van der Waals surface area contributed by atoms with Crippen molar-refractivity contribution >= 4 is 39.6 Å². The van der Waals surface area contributed by atoms with Gasteiger partial charge in [-0.15, -0.1) is 5.10 Å². The second-order valence-electron chi connectivity index (χ2n) is 6.58. The molecule has 28 heavy (non-hydrogen) atoms. The molecule has 2 aromatic heterocycles. The molecule has 0 spiro atoms. The van der Waals surface area contributed by atoms with Gasteiger partial charge in [0.2, 0.25) is 4.96 Å². The third kappa shape index (κ3) is 3.12. The van der Waals surface area contributed by atoms with E-state index in [0.29, 0.717) is 23.9 Å². The zero-order valence-electron chi connectivity index (χ0n) is 14.8. The summed E-state index contributed by atoms with van der Waals surface area (Å²) in [6.45, 7) is 1.22. The Balaban J connectivity index is 1.37. The Bertz CT molecular complexity index is 1150. The van der Waals surface area contributed by atoms with Crippen LogP contribution in [0.5, 0.6) is 0 Å². The Hall–Kier alpha value is -2.90. The smallest absolute Gasteiger partial charge is 0.319 e. The van der Waals surface area contributed by atoms with Crippen molar-refractivity contribution in [1.29, 1.82) is 0 Å². The molecule has 5 rings (SSSR count). The molecule has 0 saturated carbocycles. The number of nitrogens with one attached hydrogen (secondary N) is 1. The van der Waals surface area contributed by atoms with Crippen molar-refractivity contribution in [1.82, 2.24) is 19.5 Å². The summed E-state index contributed by atoms with van der Waals surface area (Å²) in [5.41, 5.74) is 2.87. The van der Waals surface area contributed by atoms with E-state index in [0.717, 1.165) is 33.2 Å². The molecular weight excluding hydrogens is 394 g/mol. The van der Waals surface area contributed by atoms with E-state index in [4.69, 9.17) is 11.6 Å². The van der Waals surface area contributed by atoms with Gasteiger partial charge < -0.3 is 10.2 Å². The van der Waals surface area contributed by atoms with E-state index in [1.54, 1.807) is 11.3 Å². The highest BCUT2D eigenvalue weighted by Gasteiger charge is 2.26. The topological polar surface area (TPSA) is 62.5 Å². The second kappa shape index (κ2) is 6.92. The van der Waals surface area contributed by atoms with Crippen LogP contribution in [-0.4, -0.2) is 32.1 Å². The van der Waals surface area contributed by atoms with E-state index in [1.807, 2.05) is 64.0 Å². The number of hydrogen-bond donors (Lipinski definition) is 1. The summed E-state index contributed by atoms with van der Waals surface area (Å²) in [7, 11) is 0. The molecule has 6 nitrogen and oxygen atoms in total. The van der Waals surface area contributed by atoms with E-state index in [1.165, 1.54) is 0 Å². The predicted molar refractivity (Wildman–Crippen MR) is 111 cm³/mol. The van der Waals surface area contributed by atoms with Crippen LogP contribution in [0.2, 0.25) is 5.02 Å². The first-order valence-corrected chi connectivity index (χ1v) is 10.1. The van der Waals surface area contributed by atoms with Gasteiger partial charge in [0, 0.05) is 34.1 Å². The van der Waals surface area contributed by atoms with Crippen LogP contribution < -0.4 is 5.32 Å². The zero-order chi connectivity index (χ0) is 19.1. The Labute approximate surface area is 170 Å². The highest BCUT2D eigenvalue weighted by molar-refractivity contribution is 7.17. The van der Waals surface area contributed by atoms with Crippen molar-refractivity contribution < 1.29 is 4.79 Å². The third-order valence-electron chi connectivity index (χ3n) is 4.74. The van der Waals surface area contributed by atoms with Crippen molar-refractivity contribution in [2.75, 3.05) is 11.9 Å². The fourth-order valence-corrected chi connectivity index (χ4v) is 4.55. The number of carbonyl (C=O) groups is 1. The summed E-state index contributed by atoms with van der Waals surface area (Å²) < 4.78 is 1.91. The molecular formula is C20H16ClN5OS. The van der Waals surface area contributed by atoms with Crippen LogP contribution in [-0.2, 0) is 13.0 Å². The SMILES string of the molecule is O=C(Nc1ccccc1)N1CCc2c(sc3nc(-c4ccc(Cl)cc4)nn23)C1. The molecule has 8 heteroatoms. The summed E-state index contributed by atoms with van der Waals surface area (Å²) in [5.74, 6) is 0.690. The lowest BCUT2D eigenvalue weighted by atomic mass is 10.2. The van der Waals surface area contributed by atoms with Gasteiger partial charge in [-0.05, 0) is 36.4 Å². The minimum atomic E-state index is -0.0855. The molecule has 0 saturated heterocycles. The number of hydrogen-bond acceptors (Lipinski definition) is 4. The minimum Gasteiger partial charge on any atom is -0.319 e. The van der Waals surface area contributed by atoms with E-state index >= 15 is 0 Å². The van der Waals surface area contributed by atoms with Gasteiger partial charge >= 0.3 is 6.03 Å². The van der Waals surface area contributed by atoms with Gasteiger partial charge in [0.1, 0.15) is 0 Å². The molecule has 3 heterocycles. The van der Waals surface area contributed by atoms with Crippen molar-refractivity contribution in [2.24, 2.45) is 0 Å². The lowest BCUT2D eigenvalue weighted by molar-refractivity contribution is 0.206. The van der Waals surface area contributed by atoms with Crippen molar-refractivity contribution in [3.63, 3.8) is 0 Å². The van der Waals surface area contributed by atoms with Gasteiger partial charge in [-0.3, -0.25) is 0 Å². The minimum absolute atomic E-state index is 0.0855. The van der Waals surface area contributed by atoms with Crippen molar-refractivity contribution in [2.45, 2.75) is 13.0 Å². The molecule has 0 aliphatic carbocycles. The monoisotopic (exact) mass is 409 g/mol. The van der Waals surface area contributed by atoms with Crippen LogP contribution in [0.4, 0.5) is 10.5 Å². The van der Waals surface area contributed by atoms with Crippen LogP contribution in [0.1, 0.15) is 10.6 Å². The van der Waals surface area contributed by atoms with Crippen LogP contribution in [0.25, 0.3) is 16.3 Å². The normalized spacial score (nSPS) is 13.5. The number of aromatic nitrogens is 3. The molecule has 140 valence electrons. The summed E-state index contributed by atoms with van der Waals surface area (Å²) in [6, 6.07) is 16.9. The molecule has 4 aromatic rings.